The molecule has 0 aromatic carbocycles. The van der Waals surface area contributed by atoms with Crippen molar-refractivity contribution in [2.75, 3.05) is 5.73 Å². The van der Waals surface area contributed by atoms with E-state index in [0.29, 0.717) is 16.9 Å². The van der Waals surface area contributed by atoms with Gasteiger partial charge in [-0.3, -0.25) is 0 Å². The predicted octanol–water partition coefficient (Wildman–Crippen LogP) is 2.97. The van der Waals surface area contributed by atoms with Crippen LogP contribution in [0.25, 0.3) is 11.9 Å². The van der Waals surface area contributed by atoms with E-state index in [1.807, 2.05) is 18.4 Å². The maximum Gasteiger partial charge on any atom is 0.180 e. The molecule has 2 aromatic heterocycles. The van der Waals surface area contributed by atoms with Crippen LogP contribution in [0, 0.1) is 0 Å². The second-order valence-electron chi connectivity index (χ2n) is 3.90. The van der Waals surface area contributed by atoms with Crippen molar-refractivity contribution >= 4 is 28.4 Å². The van der Waals surface area contributed by atoms with Gasteiger partial charge in [0.1, 0.15) is 5.69 Å². The van der Waals surface area contributed by atoms with E-state index in [1.54, 1.807) is 17.9 Å². The molecule has 4 nitrogen and oxygen atoms in total. The van der Waals surface area contributed by atoms with Crippen LogP contribution in [-0.2, 0) is 0 Å². The van der Waals surface area contributed by atoms with Crippen LogP contribution in [0.2, 0.25) is 0 Å². The molecular formula is C11H13FN4S. The number of nitrogen functional groups attached to an aromatic ring is 1. The molecule has 0 radical (unpaired) electrons. The van der Waals surface area contributed by atoms with Crippen molar-refractivity contribution in [3.8, 4) is 0 Å². The first-order valence-electron chi connectivity index (χ1n) is 5.18. The number of nitrogens with zero attached hydrogens (tertiary/aromatic N) is 3. The van der Waals surface area contributed by atoms with Gasteiger partial charge in [0.2, 0.25) is 0 Å². The highest BCUT2D eigenvalue weighted by Crippen LogP contribution is 2.22. The zero-order valence-corrected chi connectivity index (χ0v) is 10.4. The minimum atomic E-state index is -0.424. The van der Waals surface area contributed by atoms with Gasteiger partial charge in [-0.15, -0.1) is 11.3 Å². The van der Waals surface area contributed by atoms with Gasteiger partial charge in [-0.05, 0) is 13.8 Å². The summed E-state index contributed by atoms with van der Waals surface area (Å²) in [6.07, 6.45) is 4.83. The number of hydrogen-bond donors (Lipinski definition) is 1. The third kappa shape index (κ3) is 2.71. The Balaban J connectivity index is 2.23. The first kappa shape index (κ1) is 11.8. The van der Waals surface area contributed by atoms with Crippen molar-refractivity contribution in [2.24, 2.45) is 0 Å². The Morgan fingerprint density at radius 2 is 2.35 bits per heavy atom. The Labute approximate surface area is 103 Å². The Morgan fingerprint density at radius 1 is 1.59 bits per heavy atom. The van der Waals surface area contributed by atoms with Crippen molar-refractivity contribution in [2.45, 2.75) is 19.9 Å². The van der Waals surface area contributed by atoms with Gasteiger partial charge in [0.15, 0.2) is 11.0 Å². The minimum absolute atomic E-state index is 0.256. The molecule has 17 heavy (non-hydrogen) atoms. The summed E-state index contributed by atoms with van der Waals surface area (Å²) in [4.78, 5) is 7.97. The fourth-order valence-electron chi connectivity index (χ4n) is 1.31. The fraction of sp³-hybridized carbons (Fsp3) is 0.273. The van der Waals surface area contributed by atoms with E-state index >= 15 is 0 Å². The zero-order valence-electron chi connectivity index (χ0n) is 9.59. The van der Waals surface area contributed by atoms with Gasteiger partial charge in [0, 0.05) is 23.7 Å². The Morgan fingerprint density at radius 3 is 2.88 bits per heavy atom. The summed E-state index contributed by atoms with van der Waals surface area (Å²) >= 11 is 1.21. The van der Waals surface area contributed by atoms with Gasteiger partial charge >= 0.3 is 0 Å². The van der Waals surface area contributed by atoms with E-state index in [9.17, 15) is 4.39 Å². The molecule has 0 saturated heterocycles. The Hall–Kier alpha value is -1.69. The predicted molar refractivity (Wildman–Crippen MR) is 68.1 cm³/mol. The molecule has 90 valence electrons. The topological polar surface area (TPSA) is 56.7 Å². The molecule has 0 saturated carbocycles. The first-order chi connectivity index (χ1) is 8.06. The van der Waals surface area contributed by atoms with Crippen LogP contribution < -0.4 is 5.73 Å². The molecule has 0 amide bonds. The average molecular weight is 252 g/mol. The Kier molecular flexibility index (Phi) is 3.23. The molecule has 0 spiro atoms. The van der Waals surface area contributed by atoms with Crippen molar-refractivity contribution in [1.29, 1.82) is 0 Å². The second-order valence-corrected chi connectivity index (χ2v) is 4.79. The molecule has 2 N–H and O–H groups in total. The van der Waals surface area contributed by atoms with Crippen LogP contribution >= 0.6 is 11.3 Å². The standard InChI is InChI=1S/C11H13FN4S/c1-7(2)16-4-8(14-6-16)3-9(12)10-5-17-11(13)15-10/h3-7H,1-2H3,(H2,13,15)/b9-3-. The fourth-order valence-corrected chi connectivity index (χ4v) is 1.86. The van der Waals surface area contributed by atoms with Crippen LogP contribution in [0.3, 0.4) is 0 Å². The smallest absolute Gasteiger partial charge is 0.180 e. The SMILES string of the molecule is CC(C)n1cnc(/C=C(\F)c2csc(N)n2)c1. The first-order valence-corrected chi connectivity index (χ1v) is 6.06. The molecule has 2 rings (SSSR count). The van der Waals surface area contributed by atoms with Crippen LogP contribution in [0.4, 0.5) is 9.52 Å². The van der Waals surface area contributed by atoms with E-state index in [0.717, 1.165) is 0 Å². The number of imidazole rings is 1. The van der Waals surface area contributed by atoms with Crippen LogP contribution in [0.5, 0.6) is 0 Å². The van der Waals surface area contributed by atoms with Crippen molar-refractivity contribution in [1.82, 2.24) is 14.5 Å². The summed E-state index contributed by atoms with van der Waals surface area (Å²) in [5.41, 5.74) is 6.28. The number of rotatable bonds is 3. The number of hydrogen-bond acceptors (Lipinski definition) is 4. The molecular weight excluding hydrogens is 239 g/mol. The van der Waals surface area contributed by atoms with Gasteiger partial charge in [-0.25, -0.2) is 14.4 Å². The number of thiazole rings is 1. The van der Waals surface area contributed by atoms with E-state index in [2.05, 4.69) is 9.97 Å². The van der Waals surface area contributed by atoms with E-state index in [-0.39, 0.29) is 5.69 Å². The number of anilines is 1. The molecule has 0 fully saturated rings. The summed E-state index contributed by atoms with van der Waals surface area (Å²) in [7, 11) is 0. The van der Waals surface area contributed by atoms with Crippen molar-refractivity contribution in [3.05, 3.63) is 29.3 Å². The van der Waals surface area contributed by atoms with Crippen LogP contribution in [-0.4, -0.2) is 14.5 Å². The summed E-state index contributed by atoms with van der Waals surface area (Å²) in [5.74, 6) is -0.424. The van der Waals surface area contributed by atoms with E-state index in [1.165, 1.54) is 17.4 Å². The third-order valence-electron chi connectivity index (χ3n) is 2.26. The summed E-state index contributed by atoms with van der Waals surface area (Å²) in [6, 6.07) is 0.308. The lowest BCUT2D eigenvalue weighted by Crippen LogP contribution is -1.95. The lowest BCUT2D eigenvalue weighted by molar-refractivity contribution is 0.599. The summed E-state index contributed by atoms with van der Waals surface area (Å²) in [5, 5.41) is 1.94. The van der Waals surface area contributed by atoms with Gasteiger partial charge in [-0.1, -0.05) is 0 Å². The van der Waals surface area contributed by atoms with Gasteiger partial charge < -0.3 is 10.3 Å². The quantitative estimate of drug-likeness (QED) is 0.913. The van der Waals surface area contributed by atoms with Crippen molar-refractivity contribution in [3.63, 3.8) is 0 Å². The summed E-state index contributed by atoms with van der Waals surface area (Å²) < 4.78 is 15.7. The second kappa shape index (κ2) is 4.67. The maximum absolute atomic E-state index is 13.7. The minimum Gasteiger partial charge on any atom is -0.375 e. The number of nitrogens with two attached hydrogens (primary N) is 1. The molecule has 0 aliphatic rings. The normalized spacial score (nSPS) is 12.4. The maximum atomic E-state index is 13.7. The monoisotopic (exact) mass is 252 g/mol. The zero-order chi connectivity index (χ0) is 12.4. The van der Waals surface area contributed by atoms with Crippen LogP contribution in [0.15, 0.2) is 17.9 Å². The van der Waals surface area contributed by atoms with Gasteiger partial charge in [-0.2, -0.15) is 0 Å². The highest BCUT2D eigenvalue weighted by molar-refractivity contribution is 7.13. The molecule has 0 unspecified atom stereocenters. The van der Waals surface area contributed by atoms with E-state index < -0.39 is 5.83 Å². The molecule has 6 heteroatoms. The highest BCUT2D eigenvalue weighted by Gasteiger charge is 2.06. The largest absolute Gasteiger partial charge is 0.375 e. The van der Waals surface area contributed by atoms with E-state index in [4.69, 9.17) is 5.73 Å². The molecule has 0 aliphatic heterocycles. The average Bonchev–Trinajstić information content (AvgIpc) is 2.86. The highest BCUT2D eigenvalue weighted by atomic mass is 32.1. The lowest BCUT2D eigenvalue weighted by Gasteiger charge is -2.03. The molecule has 2 heterocycles. The summed E-state index contributed by atoms with van der Waals surface area (Å²) in [6.45, 7) is 4.07. The van der Waals surface area contributed by atoms with Crippen molar-refractivity contribution < 1.29 is 4.39 Å². The molecule has 2 aromatic rings. The molecule has 0 bridgehead atoms. The van der Waals surface area contributed by atoms with Gasteiger partial charge in [0.25, 0.3) is 0 Å². The number of aromatic nitrogens is 3. The third-order valence-corrected chi connectivity index (χ3v) is 2.93. The Bertz CT molecular complexity index is 541. The molecule has 0 aliphatic carbocycles. The van der Waals surface area contributed by atoms with Gasteiger partial charge in [0.05, 0.1) is 12.0 Å². The lowest BCUT2D eigenvalue weighted by atomic mass is 10.3. The number of halogens is 1. The molecule has 0 atom stereocenters. The van der Waals surface area contributed by atoms with Crippen LogP contribution in [0.1, 0.15) is 31.3 Å².